The number of carboxylic acid groups (broad SMARTS) is 1. The molecule has 0 aromatic carbocycles. The van der Waals surface area contributed by atoms with Crippen molar-refractivity contribution >= 4 is 28.8 Å². The molecule has 8 heteroatoms. The van der Waals surface area contributed by atoms with Gasteiger partial charge in [-0.3, -0.25) is 18.8 Å². The average Bonchev–Trinajstić information content (AvgIpc) is 2.68. The van der Waals surface area contributed by atoms with E-state index in [1.165, 1.54) is 15.4 Å². The summed E-state index contributed by atoms with van der Waals surface area (Å²) in [4.78, 5) is 27.1. The molecule has 0 spiro atoms. The van der Waals surface area contributed by atoms with Gasteiger partial charge in [-0.05, 0) is 6.92 Å². The molecular formula is C10H12N4O3S. The first-order valence-electron chi connectivity index (χ1n) is 5.31. The minimum Gasteiger partial charge on any atom is -0.481 e. The van der Waals surface area contributed by atoms with Crippen LogP contribution in [-0.2, 0) is 18.4 Å². The number of fused-ring (bicyclic) bond motifs is 1. The Labute approximate surface area is 106 Å². The van der Waals surface area contributed by atoms with Gasteiger partial charge in [-0.2, -0.15) is 5.10 Å². The highest BCUT2D eigenvalue weighted by molar-refractivity contribution is 7.99. The number of aliphatic carboxylic acids is 1. The van der Waals surface area contributed by atoms with Gasteiger partial charge in [-0.1, -0.05) is 11.8 Å². The van der Waals surface area contributed by atoms with E-state index in [0.717, 1.165) is 11.8 Å². The lowest BCUT2D eigenvalue weighted by Gasteiger charge is -2.08. The summed E-state index contributed by atoms with van der Waals surface area (Å²) in [5.74, 6) is -1.07. The Hall–Kier alpha value is -1.83. The predicted molar refractivity (Wildman–Crippen MR) is 66.8 cm³/mol. The Morgan fingerprint density at radius 2 is 2.28 bits per heavy atom. The quantitative estimate of drug-likeness (QED) is 0.634. The number of rotatable bonds is 4. The molecule has 0 unspecified atom stereocenters. The van der Waals surface area contributed by atoms with Gasteiger partial charge in [0, 0.05) is 13.6 Å². The van der Waals surface area contributed by atoms with Crippen molar-refractivity contribution in [2.75, 3.05) is 5.75 Å². The van der Waals surface area contributed by atoms with Crippen LogP contribution in [0.4, 0.5) is 0 Å². The van der Waals surface area contributed by atoms with Crippen LogP contribution < -0.4 is 5.56 Å². The van der Waals surface area contributed by atoms with Crippen LogP contribution >= 0.6 is 11.8 Å². The molecule has 2 heterocycles. The van der Waals surface area contributed by atoms with Gasteiger partial charge >= 0.3 is 5.97 Å². The zero-order chi connectivity index (χ0) is 13.3. The number of aromatic nitrogens is 4. The second-order valence-electron chi connectivity index (χ2n) is 3.63. The summed E-state index contributed by atoms with van der Waals surface area (Å²) >= 11 is 1.03. The maximum atomic E-state index is 12.2. The number of nitrogens with zero attached hydrogens (tertiary/aromatic N) is 4. The number of carbonyl (C=O) groups is 1. The Morgan fingerprint density at radius 1 is 1.56 bits per heavy atom. The summed E-state index contributed by atoms with van der Waals surface area (Å²) in [6.07, 6.45) is 1.50. The fourth-order valence-electron chi connectivity index (χ4n) is 1.65. The van der Waals surface area contributed by atoms with E-state index < -0.39 is 5.97 Å². The van der Waals surface area contributed by atoms with Crippen molar-refractivity contribution < 1.29 is 9.90 Å². The molecule has 0 atom stereocenters. The summed E-state index contributed by atoms with van der Waals surface area (Å²) in [5.41, 5.74) is 0.715. The fraction of sp³-hybridized carbons (Fsp3) is 0.400. The first kappa shape index (κ1) is 12.6. The molecule has 0 bridgehead atoms. The molecule has 0 radical (unpaired) electrons. The second kappa shape index (κ2) is 4.81. The van der Waals surface area contributed by atoms with E-state index in [4.69, 9.17) is 5.11 Å². The normalized spacial score (nSPS) is 11.0. The highest BCUT2D eigenvalue weighted by Crippen LogP contribution is 2.16. The van der Waals surface area contributed by atoms with Crippen molar-refractivity contribution in [3.63, 3.8) is 0 Å². The fourth-order valence-corrected chi connectivity index (χ4v) is 2.43. The van der Waals surface area contributed by atoms with Crippen LogP contribution in [-0.4, -0.2) is 36.2 Å². The number of aryl methyl sites for hydroxylation is 1. The topological polar surface area (TPSA) is 90.0 Å². The molecule has 2 aromatic heterocycles. The van der Waals surface area contributed by atoms with Crippen molar-refractivity contribution in [2.24, 2.45) is 7.05 Å². The third kappa shape index (κ3) is 2.10. The molecule has 2 rings (SSSR count). The van der Waals surface area contributed by atoms with Gasteiger partial charge in [-0.15, -0.1) is 0 Å². The molecule has 0 amide bonds. The van der Waals surface area contributed by atoms with Crippen LogP contribution in [0.1, 0.15) is 6.92 Å². The van der Waals surface area contributed by atoms with E-state index in [9.17, 15) is 9.59 Å². The Kier molecular flexibility index (Phi) is 3.37. The molecule has 18 heavy (non-hydrogen) atoms. The van der Waals surface area contributed by atoms with Gasteiger partial charge in [0.15, 0.2) is 10.7 Å². The van der Waals surface area contributed by atoms with Gasteiger partial charge in [0.05, 0.1) is 11.9 Å². The number of hydrogen-bond donors (Lipinski definition) is 1. The van der Waals surface area contributed by atoms with Crippen LogP contribution in [0.2, 0.25) is 0 Å². The molecule has 0 fully saturated rings. The van der Waals surface area contributed by atoms with E-state index in [2.05, 4.69) is 10.1 Å². The molecular weight excluding hydrogens is 256 g/mol. The van der Waals surface area contributed by atoms with Crippen molar-refractivity contribution in [2.45, 2.75) is 18.6 Å². The molecule has 0 aliphatic carbocycles. The number of hydrogen-bond acceptors (Lipinski definition) is 5. The van der Waals surface area contributed by atoms with Crippen molar-refractivity contribution in [1.29, 1.82) is 0 Å². The standard InChI is InChI=1S/C10H12N4O3S/c1-3-14-9(17)8-6(4-11-13(8)2)12-10(14)18-5-7(15)16/h4H,3,5H2,1-2H3,(H,15,16). The SMILES string of the molecule is CCn1c(SCC(=O)O)nc2cnn(C)c2c1=O. The van der Waals surface area contributed by atoms with Crippen molar-refractivity contribution in [1.82, 2.24) is 19.3 Å². The third-order valence-electron chi connectivity index (χ3n) is 2.46. The lowest BCUT2D eigenvalue weighted by molar-refractivity contribution is -0.133. The Morgan fingerprint density at radius 3 is 2.89 bits per heavy atom. The van der Waals surface area contributed by atoms with Crippen molar-refractivity contribution in [3.05, 3.63) is 16.6 Å². The van der Waals surface area contributed by atoms with E-state index in [-0.39, 0.29) is 11.3 Å². The molecule has 7 nitrogen and oxygen atoms in total. The molecule has 0 saturated carbocycles. The summed E-state index contributed by atoms with van der Waals surface area (Å²) < 4.78 is 2.93. The zero-order valence-corrected chi connectivity index (χ0v) is 10.8. The molecule has 1 N–H and O–H groups in total. The molecule has 2 aromatic rings. The predicted octanol–water partition coefficient (Wildman–Crippen LogP) is 0.327. The van der Waals surface area contributed by atoms with Gasteiger partial charge in [0.1, 0.15) is 5.52 Å². The monoisotopic (exact) mass is 268 g/mol. The first-order chi connectivity index (χ1) is 8.54. The van der Waals surface area contributed by atoms with Crippen LogP contribution in [0.3, 0.4) is 0 Å². The summed E-state index contributed by atoms with van der Waals surface area (Å²) in [5, 5.41) is 13.1. The lowest BCUT2D eigenvalue weighted by atomic mass is 10.4. The Balaban J connectivity index is 2.59. The number of carboxylic acids is 1. The second-order valence-corrected chi connectivity index (χ2v) is 4.57. The maximum absolute atomic E-state index is 12.2. The molecule has 96 valence electrons. The minimum absolute atomic E-state index is 0.127. The minimum atomic E-state index is -0.941. The summed E-state index contributed by atoms with van der Waals surface area (Å²) in [7, 11) is 1.68. The highest BCUT2D eigenvalue weighted by atomic mass is 32.2. The third-order valence-corrected chi connectivity index (χ3v) is 3.42. The van der Waals surface area contributed by atoms with Gasteiger partial charge < -0.3 is 5.11 Å². The highest BCUT2D eigenvalue weighted by Gasteiger charge is 2.14. The number of thioether (sulfide) groups is 1. The smallest absolute Gasteiger partial charge is 0.313 e. The summed E-state index contributed by atoms with van der Waals surface area (Å²) in [6.45, 7) is 2.25. The molecule has 0 aliphatic heterocycles. The van der Waals surface area contributed by atoms with E-state index >= 15 is 0 Å². The lowest BCUT2D eigenvalue weighted by Crippen LogP contribution is -2.24. The zero-order valence-electron chi connectivity index (χ0n) is 9.95. The van der Waals surface area contributed by atoms with Crippen molar-refractivity contribution in [3.8, 4) is 0 Å². The summed E-state index contributed by atoms with van der Waals surface area (Å²) in [6, 6.07) is 0. The maximum Gasteiger partial charge on any atom is 0.313 e. The van der Waals surface area contributed by atoms with E-state index in [0.29, 0.717) is 22.7 Å². The van der Waals surface area contributed by atoms with Crippen LogP contribution in [0.25, 0.3) is 11.0 Å². The van der Waals surface area contributed by atoms with Gasteiger partial charge in [-0.25, -0.2) is 4.98 Å². The largest absolute Gasteiger partial charge is 0.481 e. The van der Waals surface area contributed by atoms with Gasteiger partial charge in [0.2, 0.25) is 0 Å². The van der Waals surface area contributed by atoms with Crippen LogP contribution in [0.15, 0.2) is 16.1 Å². The van der Waals surface area contributed by atoms with E-state index in [1.807, 2.05) is 6.92 Å². The molecule has 0 aliphatic rings. The average molecular weight is 268 g/mol. The Bertz CT molecular complexity index is 661. The molecule has 0 saturated heterocycles. The van der Waals surface area contributed by atoms with Crippen LogP contribution in [0.5, 0.6) is 0 Å². The van der Waals surface area contributed by atoms with Crippen LogP contribution in [0, 0.1) is 0 Å². The van der Waals surface area contributed by atoms with Gasteiger partial charge in [0.25, 0.3) is 5.56 Å². The first-order valence-corrected chi connectivity index (χ1v) is 6.30. The van der Waals surface area contributed by atoms with E-state index in [1.54, 1.807) is 7.05 Å².